The van der Waals surface area contributed by atoms with E-state index in [-0.39, 0.29) is 0 Å². The zero-order valence-corrected chi connectivity index (χ0v) is 13.2. The molecule has 1 aromatic rings. The summed E-state index contributed by atoms with van der Waals surface area (Å²) in [6.45, 7) is 7.74. The number of nitrogens with two attached hydrogens (primary N) is 1. The molecule has 2 N–H and O–H groups in total. The molecular weight excluding hydrogens is 246 g/mol. The van der Waals surface area contributed by atoms with E-state index in [1.54, 1.807) is 0 Å². The van der Waals surface area contributed by atoms with E-state index >= 15 is 0 Å². The fourth-order valence-electron chi connectivity index (χ4n) is 3.43. The highest BCUT2D eigenvalue weighted by Gasteiger charge is 2.30. The lowest BCUT2D eigenvalue weighted by Gasteiger charge is -2.37. The third-order valence-corrected chi connectivity index (χ3v) is 4.91. The van der Waals surface area contributed by atoms with Crippen LogP contribution in [0.3, 0.4) is 0 Å². The van der Waals surface area contributed by atoms with Crippen LogP contribution in [0.2, 0.25) is 0 Å². The number of benzene rings is 1. The van der Waals surface area contributed by atoms with Gasteiger partial charge in [0, 0.05) is 0 Å². The molecule has 0 bridgehead atoms. The molecule has 2 heteroatoms. The van der Waals surface area contributed by atoms with E-state index in [9.17, 15) is 0 Å². The molecule has 112 valence electrons. The van der Waals surface area contributed by atoms with Gasteiger partial charge in [-0.25, -0.2) is 5.90 Å². The van der Waals surface area contributed by atoms with Gasteiger partial charge in [0.1, 0.15) is 0 Å². The maximum Gasteiger partial charge on any atom is 0.0719 e. The molecule has 1 fully saturated rings. The Kier molecular flexibility index (Phi) is 5.22. The highest BCUT2D eigenvalue weighted by Crippen LogP contribution is 2.43. The van der Waals surface area contributed by atoms with Crippen LogP contribution in [0.15, 0.2) is 24.3 Å². The van der Waals surface area contributed by atoms with E-state index in [1.807, 2.05) is 0 Å². The molecule has 0 atom stereocenters. The Bertz CT molecular complexity index is 396. The van der Waals surface area contributed by atoms with E-state index in [4.69, 9.17) is 5.90 Å². The highest BCUT2D eigenvalue weighted by atomic mass is 16.6. The van der Waals surface area contributed by atoms with Gasteiger partial charge >= 0.3 is 0 Å². The van der Waals surface area contributed by atoms with Crippen LogP contribution in [0, 0.1) is 11.3 Å². The Hall–Kier alpha value is -0.860. The standard InChI is InChI=1S/C18H29NO/c1-18(2,3)17-10-8-16(9-11-17)15-6-4-14(5-7-15)12-13-20-19/h4-7,16-17H,8-13,19H2,1-3H3. The minimum atomic E-state index is 0.469. The van der Waals surface area contributed by atoms with Crippen molar-refractivity contribution >= 4 is 0 Å². The van der Waals surface area contributed by atoms with Gasteiger partial charge < -0.3 is 4.84 Å². The number of hydrogen-bond acceptors (Lipinski definition) is 2. The minimum absolute atomic E-state index is 0.469. The van der Waals surface area contributed by atoms with Crippen LogP contribution < -0.4 is 5.90 Å². The molecule has 2 nitrogen and oxygen atoms in total. The molecule has 0 unspecified atom stereocenters. The molecule has 2 rings (SSSR count). The van der Waals surface area contributed by atoms with Crippen LogP contribution in [0.1, 0.15) is 63.5 Å². The molecular formula is C18H29NO. The van der Waals surface area contributed by atoms with E-state index in [2.05, 4.69) is 49.9 Å². The van der Waals surface area contributed by atoms with E-state index < -0.39 is 0 Å². The lowest BCUT2D eigenvalue weighted by atomic mass is 9.68. The van der Waals surface area contributed by atoms with Crippen molar-refractivity contribution in [3.05, 3.63) is 35.4 Å². The highest BCUT2D eigenvalue weighted by molar-refractivity contribution is 5.26. The molecule has 0 amide bonds. The van der Waals surface area contributed by atoms with Crippen molar-refractivity contribution in [2.75, 3.05) is 6.61 Å². The van der Waals surface area contributed by atoms with Gasteiger partial charge in [0.15, 0.2) is 0 Å². The second-order valence-electron chi connectivity index (χ2n) is 7.28. The predicted octanol–water partition coefficient (Wildman–Crippen LogP) is 4.44. The van der Waals surface area contributed by atoms with Gasteiger partial charge in [-0.2, -0.15) is 0 Å². The van der Waals surface area contributed by atoms with Gasteiger partial charge in [0.25, 0.3) is 0 Å². The average molecular weight is 275 g/mol. The van der Waals surface area contributed by atoms with Crippen LogP contribution in [0.25, 0.3) is 0 Å². The van der Waals surface area contributed by atoms with Gasteiger partial charge in [0.2, 0.25) is 0 Å². The van der Waals surface area contributed by atoms with E-state index in [1.165, 1.54) is 36.8 Å². The molecule has 1 aromatic carbocycles. The molecule has 1 aliphatic carbocycles. The zero-order chi connectivity index (χ0) is 14.6. The van der Waals surface area contributed by atoms with Crippen molar-refractivity contribution in [1.29, 1.82) is 0 Å². The molecule has 0 aliphatic heterocycles. The average Bonchev–Trinajstić information content (AvgIpc) is 2.45. The molecule has 0 saturated heterocycles. The summed E-state index contributed by atoms with van der Waals surface area (Å²) < 4.78 is 0. The second kappa shape index (κ2) is 6.73. The molecule has 20 heavy (non-hydrogen) atoms. The van der Waals surface area contributed by atoms with Crippen molar-refractivity contribution in [1.82, 2.24) is 0 Å². The van der Waals surface area contributed by atoms with Crippen LogP contribution >= 0.6 is 0 Å². The van der Waals surface area contributed by atoms with E-state index in [0.29, 0.717) is 12.0 Å². The van der Waals surface area contributed by atoms with Crippen molar-refractivity contribution < 1.29 is 4.84 Å². The van der Waals surface area contributed by atoms with Gasteiger partial charge in [-0.3, -0.25) is 0 Å². The minimum Gasteiger partial charge on any atom is -0.304 e. The molecule has 0 spiro atoms. The Balaban J connectivity index is 1.90. The Morgan fingerprint density at radius 3 is 2.15 bits per heavy atom. The monoisotopic (exact) mass is 275 g/mol. The Morgan fingerprint density at radius 1 is 1.05 bits per heavy atom. The lowest BCUT2D eigenvalue weighted by Crippen LogP contribution is -2.25. The maximum absolute atomic E-state index is 5.07. The zero-order valence-electron chi connectivity index (χ0n) is 13.2. The largest absolute Gasteiger partial charge is 0.304 e. The van der Waals surface area contributed by atoms with Crippen LogP contribution in [0.5, 0.6) is 0 Å². The van der Waals surface area contributed by atoms with Gasteiger partial charge in [-0.15, -0.1) is 0 Å². The Morgan fingerprint density at radius 2 is 1.65 bits per heavy atom. The quantitative estimate of drug-likeness (QED) is 0.824. The fourth-order valence-corrected chi connectivity index (χ4v) is 3.43. The van der Waals surface area contributed by atoms with Gasteiger partial charge in [0.05, 0.1) is 6.61 Å². The third kappa shape index (κ3) is 4.07. The van der Waals surface area contributed by atoms with Crippen molar-refractivity contribution in [3.63, 3.8) is 0 Å². The smallest absolute Gasteiger partial charge is 0.0719 e. The van der Waals surface area contributed by atoms with E-state index in [0.717, 1.165) is 18.3 Å². The molecule has 0 aromatic heterocycles. The fraction of sp³-hybridized carbons (Fsp3) is 0.667. The predicted molar refractivity (Wildman–Crippen MR) is 84.4 cm³/mol. The van der Waals surface area contributed by atoms with Crippen molar-refractivity contribution in [2.45, 2.75) is 58.8 Å². The first-order chi connectivity index (χ1) is 9.50. The summed E-state index contributed by atoms with van der Waals surface area (Å²) in [5, 5.41) is 0. The summed E-state index contributed by atoms with van der Waals surface area (Å²) in [5.74, 6) is 6.72. The summed E-state index contributed by atoms with van der Waals surface area (Å²) in [6.07, 6.45) is 6.32. The van der Waals surface area contributed by atoms with Crippen LogP contribution in [0.4, 0.5) is 0 Å². The number of hydrogen-bond donors (Lipinski definition) is 1. The first-order valence-electron chi connectivity index (χ1n) is 7.91. The third-order valence-electron chi connectivity index (χ3n) is 4.91. The van der Waals surface area contributed by atoms with Crippen LogP contribution in [-0.4, -0.2) is 6.61 Å². The SMILES string of the molecule is CC(C)(C)C1CCC(c2ccc(CCON)cc2)CC1. The van der Waals surface area contributed by atoms with Crippen molar-refractivity contribution in [2.24, 2.45) is 17.2 Å². The van der Waals surface area contributed by atoms with Crippen molar-refractivity contribution in [3.8, 4) is 0 Å². The number of rotatable bonds is 4. The summed E-state index contributed by atoms with van der Waals surface area (Å²) in [7, 11) is 0. The normalized spacial score (nSPS) is 23.8. The lowest BCUT2D eigenvalue weighted by molar-refractivity contribution is 0.141. The summed E-state index contributed by atoms with van der Waals surface area (Å²) in [6, 6.07) is 9.05. The molecule has 1 saturated carbocycles. The summed E-state index contributed by atoms with van der Waals surface area (Å²) >= 11 is 0. The molecule has 0 radical (unpaired) electrons. The topological polar surface area (TPSA) is 35.2 Å². The summed E-state index contributed by atoms with van der Waals surface area (Å²) in [5.41, 5.74) is 3.29. The second-order valence-corrected chi connectivity index (χ2v) is 7.28. The van der Waals surface area contributed by atoms with Crippen LogP contribution in [-0.2, 0) is 11.3 Å². The molecule has 0 heterocycles. The van der Waals surface area contributed by atoms with Gasteiger partial charge in [-0.1, -0.05) is 45.0 Å². The maximum atomic E-state index is 5.07. The Labute approximate surface area is 123 Å². The van der Waals surface area contributed by atoms with Gasteiger partial charge in [-0.05, 0) is 60.5 Å². The first-order valence-corrected chi connectivity index (χ1v) is 7.91. The first kappa shape index (κ1) is 15.5. The molecule has 1 aliphatic rings. The summed E-state index contributed by atoms with van der Waals surface area (Å²) in [4.78, 5) is 4.64.